The lowest BCUT2D eigenvalue weighted by atomic mass is 9.90. The maximum Gasteiger partial charge on any atom is 0.249 e. The van der Waals surface area contributed by atoms with Gasteiger partial charge >= 0.3 is 0 Å². The second kappa shape index (κ2) is 8.14. The van der Waals surface area contributed by atoms with Gasteiger partial charge in [0.1, 0.15) is 0 Å². The molecule has 6 nitrogen and oxygen atoms in total. The van der Waals surface area contributed by atoms with Crippen molar-refractivity contribution in [3.05, 3.63) is 41.8 Å². The van der Waals surface area contributed by atoms with Crippen molar-refractivity contribution in [3.63, 3.8) is 0 Å². The Morgan fingerprint density at radius 2 is 1.96 bits per heavy atom. The molecule has 2 aliphatic rings. The number of hydrogen-bond acceptors (Lipinski definition) is 4. The van der Waals surface area contributed by atoms with Crippen molar-refractivity contribution < 1.29 is 9.59 Å². The topological polar surface area (TPSA) is 87.8 Å². The number of benzene rings is 1. The first-order valence-electron chi connectivity index (χ1n) is 8.93. The molecule has 3 rings (SSSR count). The van der Waals surface area contributed by atoms with E-state index in [0.717, 1.165) is 45.2 Å². The molecule has 1 saturated carbocycles. The highest BCUT2D eigenvalue weighted by atomic mass is 16.2. The fourth-order valence-electron chi connectivity index (χ4n) is 3.62. The normalized spacial score (nSPS) is 23.3. The third-order valence-corrected chi connectivity index (χ3v) is 4.96. The summed E-state index contributed by atoms with van der Waals surface area (Å²) in [4.78, 5) is 30.4. The molecule has 1 aliphatic carbocycles. The molecule has 1 heterocycles. The Kier molecular flexibility index (Phi) is 5.68. The van der Waals surface area contributed by atoms with Crippen LogP contribution in [0, 0.1) is 6.42 Å². The van der Waals surface area contributed by atoms with Gasteiger partial charge in [0.15, 0.2) is 0 Å². The van der Waals surface area contributed by atoms with Gasteiger partial charge in [-0.2, -0.15) is 0 Å². The van der Waals surface area contributed by atoms with Crippen LogP contribution in [0.15, 0.2) is 29.3 Å². The molecule has 133 valence electrons. The predicted molar refractivity (Wildman–Crippen MR) is 97.2 cm³/mol. The molecule has 6 heteroatoms. The second-order valence-corrected chi connectivity index (χ2v) is 6.72. The van der Waals surface area contributed by atoms with E-state index in [1.807, 2.05) is 6.34 Å². The fourth-order valence-corrected chi connectivity index (χ4v) is 3.62. The second-order valence-electron chi connectivity index (χ2n) is 6.72. The van der Waals surface area contributed by atoms with E-state index in [9.17, 15) is 9.59 Å². The van der Waals surface area contributed by atoms with Crippen LogP contribution in [0.4, 0.5) is 0 Å². The Bertz CT molecular complexity index is 651. The predicted octanol–water partition coefficient (Wildman–Crippen LogP) is 1.50. The zero-order valence-electron chi connectivity index (χ0n) is 14.4. The van der Waals surface area contributed by atoms with E-state index in [4.69, 9.17) is 5.73 Å². The molecule has 25 heavy (non-hydrogen) atoms. The molecule has 0 bridgehead atoms. The summed E-state index contributed by atoms with van der Waals surface area (Å²) >= 11 is 0. The standard InChI is InChI=1S/C19H25N4O2/c20-19(25)17-5-2-1-4-14(17)12-18(24)22-15-6-8-16(9-7-15)23-11-3-10-21-13-23/h1-2,4-5,12-13,15-16H,3,6-11H2,(H2,20,25)(H,22,24). The van der Waals surface area contributed by atoms with E-state index >= 15 is 0 Å². The minimum atomic E-state index is -0.525. The number of aliphatic imine (C=N–C) groups is 1. The highest BCUT2D eigenvalue weighted by molar-refractivity contribution is 5.98. The fraction of sp³-hybridized carbons (Fsp3) is 0.474. The van der Waals surface area contributed by atoms with Crippen LogP contribution in [-0.4, -0.2) is 48.2 Å². The van der Waals surface area contributed by atoms with Gasteiger partial charge in [-0.1, -0.05) is 18.2 Å². The van der Waals surface area contributed by atoms with E-state index in [1.54, 1.807) is 24.3 Å². The summed E-state index contributed by atoms with van der Waals surface area (Å²) in [5.74, 6) is -0.694. The van der Waals surface area contributed by atoms with Crippen molar-refractivity contribution in [1.82, 2.24) is 10.2 Å². The van der Waals surface area contributed by atoms with E-state index in [-0.39, 0.29) is 11.9 Å². The van der Waals surface area contributed by atoms with Crippen LogP contribution < -0.4 is 11.1 Å². The number of primary amides is 1. The molecule has 1 aromatic rings. The molecule has 0 saturated heterocycles. The lowest BCUT2D eigenvalue weighted by Gasteiger charge is -2.37. The summed E-state index contributed by atoms with van der Waals surface area (Å²) in [6, 6.07) is 7.61. The van der Waals surface area contributed by atoms with Gasteiger partial charge in [-0.25, -0.2) is 0 Å². The van der Waals surface area contributed by atoms with Gasteiger partial charge in [-0.15, -0.1) is 0 Å². The van der Waals surface area contributed by atoms with Crippen molar-refractivity contribution in [3.8, 4) is 0 Å². The number of hydrogen-bond donors (Lipinski definition) is 2. The van der Waals surface area contributed by atoms with Gasteiger partial charge in [-0.05, 0) is 43.7 Å². The smallest absolute Gasteiger partial charge is 0.249 e. The molecule has 0 atom stereocenters. The van der Waals surface area contributed by atoms with E-state index in [0.29, 0.717) is 17.2 Å². The quantitative estimate of drug-likeness (QED) is 0.851. The molecule has 2 amide bonds. The maximum atomic E-state index is 12.3. The highest BCUT2D eigenvalue weighted by Gasteiger charge is 2.26. The summed E-state index contributed by atoms with van der Waals surface area (Å²) in [6.07, 6.45) is 8.63. The lowest BCUT2D eigenvalue weighted by Crippen LogP contribution is -2.44. The number of nitrogens with two attached hydrogens (primary N) is 1. The molecule has 0 unspecified atom stereocenters. The number of nitrogens with zero attached hydrogens (tertiary/aromatic N) is 2. The van der Waals surface area contributed by atoms with Gasteiger partial charge < -0.3 is 16.0 Å². The number of rotatable bonds is 5. The van der Waals surface area contributed by atoms with Gasteiger partial charge in [-0.3, -0.25) is 14.6 Å². The summed E-state index contributed by atoms with van der Waals surface area (Å²) in [5, 5.41) is 3.06. The van der Waals surface area contributed by atoms with Gasteiger partial charge in [0.05, 0.1) is 12.8 Å². The molecular weight excluding hydrogens is 316 g/mol. The SMILES string of the molecule is NC(=O)c1ccccc1[CH]C(=O)NC1CCC(N2C=NCCC2)CC1. The van der Waals surface area contributed by atoms with Crippen LogP contribution in [0.2, 0.25) is 0 Å². The summed E-state index contributed by atoms with van der Waals surface area (Å²) < 4.78 is 0. The number of carbonyl (C=O) groups excluding carboxylic acids is 2. The van der Waals surface area contributed by atoms with Crippen molar-refractivity contribution >= 4 is 18.2 Å². The Morgan fingerprint density at radius 1 is 1.20 bits per heavy atom. The minimum Gasteiger partial charge on any atom is -0.366 e. The summed E-state index contributed by atoms with van der Waals surface area (Å²) in [5.41, 5.74) is 6.28. The molecular formula is C19H25N4O2. The zero-order chi connectivity index (χ0) is 17.6. The van der Waals surface area contributed by atoms with Crippen LogP contribution in [0.5, 0.6) is 0 Å². The van der Waals surface area contributed by atoms with E-state index in [2.05, 4.69) is 15.2 Å². The van der Waals surface area contributed by atoms with Crippen molar-refractivity contribution in [1.29, 1.82) is 0 Å². The Balaban J connectivity index is 1.49. The Morgan fingerprint density at radius 3 is 2.64 bits per heavy atom. The first-order chi connectivity index (χ1) is 12.1. The molecule has 0 aromatic heterocycles. The van der Waals surface area contributed by atoms with Gasteiger partial charge in [0.2, 0.25) is 11.8 Å². The third-order valence-electron chi connectivity index (χ3n) is 4.96. The lowest BCUT2D eigenvalue weighted by molar-refractivity contribution is -0.118. The van der Waals surface area contributed by atoms with Gasteiger partial charge in [0.25, 0.3) is 0 Å². The molecule has 0 spiro atoms. The molecule has 1 radical (unpaired) electrons. The monoisotopic (exact) mass is 341 g/mol. The van der Waals surface area contributed by atoms with E-state index < -0.39 is 5.91 Å². The van der Waals surface area contributed by atoms with Crippen molar-refractivity contribution in [2.24, 2.45) is 10.7 Å². The first kappa shape index (κ1) is 17.5. The Labute approximate surface area is 148 Å². The highest BCUT2D eigenvalue weighted by Crippen LogP contribution is 2.24. The number of carbonyl (C=O) groups is 2. The first-order valence-corrected chi connectivity index (χ1v) is 8.93. The summed E-state index contributed by atoms with van der Waals surface area (Å²) in [6.45, 7) is 2.02. The Hall–Kier alpha value is -2.37. The van der Waals surface area contributed by atoms with Crippen LogP contribution >= 0.6 is 0 Å². The molecule has 1 fully saturated rings. The van der Waals surface area contributed by atoms with Crippen LogP contribution in [0.1, 0.15) is 48.0 Å². The van der Waals surface area contributed by atoms with Crippen LogP contribution in [0.25, 0.3) is 0 Å². The van der Waals surface area contributed by atoms with Crippen molar-refractivity contribution in [2.75, 3.05) is 13.1 Å². The molecule has 1 aromatic carbocycles. The van der Waals surface area contributed by atoms with Crippen LogP contribution in [-0.2, 0) is 4.79 Å². The zero-order valence-corrected chi connectivity index (χ0v) is 14.4. The average molecular weight is 341 g/mol. The third kappa shape index (κ3) is 4.59. The van der Waals surface area contributed by atoms with E-state index in [1.165, 1.54) is 6.42 Å². The van der Waals surface area contributed by atoms with Gasteiger partial charge in [0, 0.05) is 30.7 Å². The number of nitrogens with one attached hydrogen (secondary N) is 1. The van der Waals surface area contributed by atoms with Crippen molar-refractivity contribution in [2.45, 2.75) is 44.2 Å². The minimum absolute atomic E-state index is 0.170. The summed E-state index contributed by atoms with van der Waals surface area (Å²) in [7, 11) is 0. The average Bonchev–Trinajstić information content (AvgIpc) is 2.63. The molecule has 1 aliphatic heterocycles. The number of amides is 2. The van der Waals surface area contributed by atoms with Crippen LogP contribution in [0.3, 0.4) is 0 Å². The molecule has 3 N–H and O–H groups in total. The largest absolute Gasteiger partial charge is 0.366 e. The maximum absolute atomic E-state index is 12.3.